The average molecular weight is 359 g/mol. The van der Waals surface area contributed by atoms with Gasteiger partial charge in [-0.3, -0.25) is 0 Å². The van der Waals surface area contributed by atoms with Gasteiger partial charge in [0, 0.05) is 11.4 Å². The summed E-state index contributed by atoms with van der Waals surface area (Å²) < 4.78 is 57.4. The van der Waals surface area contributed by atoms with E-state index in [9.17, 15) is 17.6 Å². The van der Waals surface area contributed by atoms with Crippen LogP contribution in [0.15, 0.2) is 48.5 Å². The summed E-state index contributed by atoms with van der Waals surface area (Å²) in [5, 5.41) is 0. The van der Waals surface area contributed by atoms with Crippen LogP contribution in [0.25, 0.3) is 0 Å². The van der Waals surface area contributed by atoms with Crippen LogP contribution in [0.2, 0.25) is 0 Å². The normalized spacial score (nSPS) is 10.9. The quantitative estimate of drug-likeness (QED) is 0.474. The first-order valence-electron chi connectivity index (χ1n) is 8.06. The molecule has 0 bridgehead atoms. The van der Waals surface area contributed by atoms with Crippen molar-refractivity contribution in [2.45, 2.75) is 20.8 Å². The van der Waals surface area contributed by atoms with Gasteiger partial charge in [-0.2, -0.15) is 0 Å². The van der Waals surface area contributed by atoms with E-state index >= 15 is 0 Å². The molecule has 26 heavy (non-hydrogen) atoms. The lowest BCUT2D eigenvalue weighted by atomic mass is 10.1. The average Bonchev–Trinajstić information content (AvgIpc) is 2.56. The molecule has 1 nitrogen and oxygen atoms in total. The third-order valence-electron chi connectivity index (χ3n) is 4.21. The molecule has 0 fully saturated rings. The molecule has 0 radical (unpaired) electrons. The first-order chi connectivity index (χ1) is 12.3. The number of halogens is 4. The highest BCUT2D eigenvalue weighted by Crippen LogP contribution is 2.39. The molecule has 0 heterocycles. The summed E-state index contributed by atoms with van der Waals surface area (Å²) in [6.07, 6.45) is 0. The van der Waals surface area contributed by atoms with E-state index in [1.165, 1.54) is 53.4 Å². The molecule has 3 aromatic carbocycles. The number of hydrogen-bond donors (Lipinski definition) is 0. The van der Waals surface area contributed by atoms with Crippen molar-refractivity contribution < 1.29 is 17.6 Å². The summed E-state index contributed by atoms with van der Waals surface area (Å²) in [4.78, 5) is 1.18. The lowest BCUT2D eigenvalue weighted by Gasteiger charge is -2.27. The van der Waals surface area contributed by atoms with Crippen LogP contribution in [-0.4, -0.2) is 0 Å². The van der Waals surface area contributed by atoms with Gasteiger partial charge in [-0.1, -0.05) is 12.1 Å². The van der Waals surface area contributed by atoms with Gasteiger partial charge in [0.15, 0.2) is 0 Å². The van der Waals surface area contributed by atoms with Crippen LogP contribution in [0.1, 0.15) is 16.7 Å². The van der Waals surface area contributed by atoms with Crippen LogP contribution < -0.4 is 4.90 Å². The largest absolute Gasteiger partial charge is 0.305 e. The van der Waals surface area contributed by atoms with E-state index in [0.29, 0.717) is 16.7 Å². The van der Waals surface area contributed by atoms with E-state index in [2.05, 4.69) is 0 Å². The maximum absolute atomic E-state index is 14.6. The minimum absolute atomic E-state index is 0.193. The minimum atomic E-state index is -0.815. The van der Waals surface area contributed by atoms with Gasteiger partial charge in [-0.25, -0.2) is 17.6 Å². The Morgan fingerprint density at radius 1 is 0.577 bits per heavy atom. The van der Waals surface area contributed by atoms with E-state index in [-0.39, 0.29) is 17.1 Å². The zero-order valence-corrected chi connectivity index (χ0v) is 14.6. The predicted octanol–water partition coefficient (Wildman–Crippen LogP) is 6.64. The number of rotatable bonds is 3. The molecular weight excluding hydrogens is 342 g/mol. The van der Waals surface area contributed by atoms with Crippen molar-refractivity contribution in [2.24, 2.45) is 0 Å². The van der Waals surface area contributed by atoms with Crippen LogP contribution in [-0.2, 0) is 0 Å². The van der Waals surface area contributed by atoms with E-state index in [1.807, 2.05) is 0 Å². The Hall–Kier alpha value is -2.82. The fraction of sp³-hybridized carbons (Fsp3) is 0.143. The molecule has 0 saturated heterocycles. The third-order valence-corrected chi connectivity index (χ3v) is 4.21. The molecule has 0 amide bonds. The lowest BCUT2D eigenvalue weighted by molar-refractivity contribution is 0.582. The zero-order valence-electron chi connectivity index (χ0n) is 14.6. The zero-order chi connectivity index (χ0) is 19.0. The highest BCUT2D eigenvalue weighted by atomic mass is 19.1. The standard InChI is InChI=1S/C21H17F4N/c1-12-8-19(24)21(20(25)9-12)26(15-6-4-13(2)17(22)10-15)16-7-5-14(3)18(23)11-16/h4-11H,1-3H3. The first-order valence-corrected chi connectivity index (χ1v) is 8.06. The van der Waals surface area contributed by atoms with Crippen molar-refractivity contribution in [1.29, 1.82) is 0 Å². The maximum Gasteiger partial charge on any atom is 0.150 e. The number of hydrogen-bond acceptors (Lipinski definition) is 1. The van der Waals surface area contributed by atoms with Crippen LogP contribution in [0.5, 0.6) is 0 Å². The van der Waals surface area contributed by atoms with Gasteiger partial charge in [-0.05, 0) is 73.9 Å². The Morgan fingerprint density at radius 2 is 1.00 bits per heavy atom. The Labute approximate surface area is 149 Å². The molecule has 0 spiro atoms. The van der Waals surface area contributed by atoms with Crippen molar-refractivity contribution in [1.82, 2.24) is 0 Å². The summed E-state index contributed by atoms with van der Waals surface area (Å²) in [6.45, 7) is 4.74. The molecule has 0 aliphatic rings. The van der Waals surface area contributed by atoms with Gasteiger partial charge >= 0.3 is 0 Å². The monoisotopic (exact) mass is 359 g/mol. The molecule has 0 atom stereocenters. The van der Waals surface area contributed by atoms with Crippen LogP contribution >= 0.6 is 0 Å². The van der Waals surface area contributed by atoms with E-state index in [0.717, 1.165) is 0 Å². The van der Waals surface area contributed by atoms with Gasteiger partial charge < -0.3 is 4.90 Å². The second-order valence-electron chi connectivity index (χ2n) is 6.28. The van der Waals surface area contributed by atoms with Gasteiger partial charge in [-0.15, -0.1) is 0 Å². The molecule has 0 saturated carbocycles. The molecular formula is C21H17F4N. The molecule has 0 unspecified atom stereocenters. The summed E-state index contributed by atoms with van der Waals surface area (Å²) in [5.74, 6) is -2.67. The van der Waals surface area contributed by atoms with Crippen molar-refractivity contribution in [3.8, 4) is 0 Å². The fourth-order valence-electron chi connectivity index (χ4n) is 2.75. The molecule has 0 N–H and O–H groups in total. The van der Waals surface area contributed by atoms with Gasteiger partial charge in [0.2, 0.25) is 0 Å². The van der Waals surface area contributed by atoms with Crippen LogP contribution in [0.4, 0.5) is 34.6 Å². The van der Waals surface area contributed by atoms with Gasteiger partial charge in [0.25, 0.3) is 0 Å². The second-order valence-corrected chi connectivity index (χ2v) is 6.28. The molecule has 0 aromatic heterocycles. The molecule has 5 heteroatoms. The highest BCUT2D eigenvalue weighted by molar-refractivity contribution is 5.77. The van der Waals surface area contributed by atoms with E-state index in [1.54, 1.807) is 20.8 Å². The van der Waals surface area contributed by atoms with Crippen molar-refractivity contribution >= 4 is 17.1 Å². The van der Waals surface area contributed by atoms with Crippen molar-refractivity contribution in [2.75, 3.05) is 4.90 Å². The summed E-state index contributed by atoms with van der Waals surface area (Å²) in [7, 11) is 0. The summed E-state index contributed by atoms with van der Waals surface area (Å²) >= 11 is 0. The summed E-state index contributed by atoms with van der Waals surface area (Å²) in [5.41, 5.74) is 1.20. The Bertz CT molecular complexity index is 907. The molecule has 3 aromatic rings. The van der Waals surface area contributed by atoms with Gasteiger partial charge in [0.1, 0.15) is 29.0 Å². The number of aryl methyl sites for hydroxylation is 3. The second kappa shape index (κ2) is 6.83. The Morgan fingerprint density at radius 3 is 1.38 bits per heavy atom. The maximum atomic E-state index is 14.6. The summed E-state index contributed by atoms with van der Waals surface area (Å²) in [6, 6.07) is 10.8. The molecule has 134 valence electrons. The van der Waals surface area contributed by atoms with Gasteiger partial charge in [0.05, 0.1) is 0 Å². The Kier molecular flexibility index (Phi) is 4.72. The number of nitrogens with zero attached hydrogens (tertiary/aromatic N) is 1. The first kappa shape index (κ1) is 18.0. The fourth-order valence-corrected chi connectivity index (χ4v) is 2.75. The van der Waals surface area contributed by atoms with Crippen LogP contribution in [0.3, 0.4) is 0 Å². The number of anilines is 3. The minimum Gasteiger partial charge on any atom is -0.305 e. The van der Waals surface area contributed by atoms with Crippen LogP contribution in [0, 0.1) is 44.0 Å². The van der Waals surface area contributed by atoms with Crippen molar-refractivity contribution in [3.05, 3.63) is 88.5 Å². The molecule has 0 aliphatic heterocycles. The van der Waals surface area contributed by atoms with E-state index < -0.39 is 23.3 Å². The highest BCUT2D eigenvalue weighted by Gasteiger charge is 2.22. The van der Waals surface area contributed by atoms with Crippen molar-refractivity contribution in [3.63, 3.8) is 0 Å². The molecule has 3 rings (SSSR count). The topological polar surface area (TPSA) is 3.24 Å². The third kappa shape index (κ3) is 3.29. The predicted molar refractivity (Wildman–Crippen MR) is 95.2 cm³/mol. The SMILES string of the molecule is Cc1cc(F)c(N(c2ccc(C)c(F)c2)c2ccc(C)c(F)c2)c(F)c1. The smallest absolute Gasteiger partial charge is 0.150 e. The van der Waals surface area contributed by atoms with E-state index in [4.69, 9.17) is 0 Å². The number of benzene rings is 3. The molecule has 0 aliphatic carbocycles. The lowest BCUT2D eigenvalue weighted by Crippen LogP contribution is -2.14. The Balaban J connectivity index is 2.29.